The van der Waals surface area contributed by atoms with Gasteiger partial charge in [0.05, 0.1) is 6.54 Å². The first-order valence-electron chi connectivity index (χ1n) is 4.70. The third-order valence-electron chi connectivity index (χ3n) is 2.05. The first kappa shape index (κ1) is 10.1. The Kier molecular flexibility index (Phi) is 2.52. The molecule has 0 bridgehead atoms. The molecule has 0 aliphatic heterocycles. The third kappa shape index (κ3) is 1.98. The Morgan fingerprint density at radius 2 is 2.31 bits per heavy atom. The minimum absolute atomic E-state index is 0.337. The number of hydrogen-bond donors (Lipinski definition) is 1. The van der Waals surface area contributed by atoms with E-state index in [0.717, 1.165) is 5.69 Å². The molecule has 0 unspecified atom stereocenters. The van der Waals surface area contributed by atoms with Crippen LogP contribution >= 0.6 is 0 Å². The lowest BCUT2D eigenvalue weighted by Crippen LogP contribution is -2.08. The lowest BCUT2D eigenvalue weighted by molar-refractivity contribution is 0.729. The van der Waals surface area contributed by atoms with E-state index in [1.165, 1.54) is 0 Å². The Morgan fingerprint density at radius 1 is 1.50 bits per heavy atom. The van der Waals surface area contributed by atoms with Crippen molar-refractivity contribution in [3.63, 3.8) is 0 Å². The number of anilines is 1. The van der Waals surface area contributed by atoms with Crippen LogP contribution < -0.4 is 5.73 Å². The largest absolute Gasteiger partial charge is 0.384 e. The van der Waals surface area contributed by atoms with Gasteiger partial charge in [-0.25, -0.2) is 15.0 Å². The highest BCUT2D eigenvalue weighted by atomic mass is 15.1. The molecule has 0 fully saturated rings. The monoisotopic (exact) mass is 214 g/mol. The van der Waals surface area contributed by atoms with Gasteiger partial charge < -0.3 is 10.3 Å². The molecule has 6 heteroatoms. The third-order valence-corrected chi connectivity index (χ3v) is 2.05. The highest BCUT2D eigenvalue weighted by molar-refractivity contribution is 5.29. The molecule has 2 N–H and O–H groups in total. The van der Waals surface area contributed by atoms with E-state index in [2.05, 4.69) is 15.0 Å². The number of hydrogen-bond acceptors (Lipinski definition) is 5. The minimum Gasteiger partial charge on any atom is -0.384 e. The highest BCUT2D eigenvalue weighted by Gasteiger charge is 2.05. The van der Waals surface area contributed by atoms with Crippen LogP contribution in [0.4, 0.5) is 5.82 Å². The summed E-state index contributed by atoms with van der Waals surface area (Å²) in [7, 11) is 0. The predicted octanol–water partition coefficient (Wildman–Crippen LogP) is 0.484. The summed E-state index contributed by atoms with van der Waals surface area (Å²) in [6.45, 7) is 2.25. The van der Waals surface area contributed by atoms with Crippen LogP contribution in [0.15, 0.2) is 18.5 Å². The predicted molar refractivity (Wildman–Crippen MR) is 57.2 cm³/mol. The SMILES string of the molecule is Cc1cc(N)nc(Cn2ccnc2C#N)n1. The van der Waals surface area contributed by atoms with Crippen LogP contribution in [-0.4, -0.2) is 19.5 Å². The molecule has 2 rings (SSSR count). The van der Waals surface area contributed by atoms with Gasteiger partial charge in [-0.05, 0) is 6.92 Å². The number of nitriles is 1. The summed E-state index contributed by atoms with van der Waals surface area (Å²) in [5.74, 6) is 1.34. The second-order valence-corrected chi connectivity index (χ2v) is 3.34. The smallest absolute Gasteiger partial charge is 0.213 e. The van der Waals surface area contributed by atoms with Gasteiger partial charge in [-0.2, -0.15) is 5.26 Å². The van der Waals surface area contributed by atoms with Gasteiger partial charge in [0.1, 0.15) is 11.9 Å². The van der Waals surface area contributed by atoms with Gasteiger partial charge in [0.25, 0.3) is 0 Å². The number of nitrogens with two attached hydrogens (primary N) is 1. The van der Waals surface area contributed by atoms with Gasteiger partial charge in [-0.15, -0.1) is 0 Å². The van der Waals surface area contributed by atoms with Gasteiger partial charge in [0.2, 0.25) is 5.82 Å². The molecule has 6 nitrogen and oxygen atoms in total. The standard InChI is InChI=1S/C10H10N6/c1-7-4-8(12)15-9(14-7)6-16-3-2-13-10(16)5-11/h2-4H,6H2,1H3,(H2,12,14,15). The fourth-order valence-corrected chi connectivity index (χ4v) is 1.43. The van der Waals surface area contributed by atoms with Crippen LogP contribution in [-0.2, 0) is 6.54 Å². The van der Waals surface area contributed by atoms with Crippen molar-refractivity contribution in [2.24, 2.45) is 0 Å². The minimum atomic E-state index is 0.337. The van der Waals surface area contributed by atoms with Crippen molar-refractivity contribution in [2.75, 3.05) is 5.73 Å². The van der Waals surface area contributed by atoms with Crippen molar-refractivity contribution < 1.29 is 0 Å². The van der Waals surface area contributed by atoms with E-state index in [9.17, 15) is 0 Å². The van der Waals surface area contributed by atoms with Crippen molar-refractivity contribution in [3.05, 3.63) is 35.8 Å². The zero-order valence-electron chi connectivity index (χ0n) is 8.75. The average molecular weight is 214 g/mol. The molecule has 0 saturated heterocycles. The van der Waals surface area contributed by atoms with Crippen molar-refractivity contribution in [1.82, 2.24) is 19.5 Å². The normalized spacial score (nSPS) is 10.0. The summed E-state index contributed by atoms with van der Waals surface area (Å²) in [5, 5.41) is 8.80. The highest BCUT2D eigenvalue weighted by Crippen LogP contribution is 2.05. The zero-order chi connectivity index (χ0) is 11.5. The van der Waals surface area contributed by atoms with Crippen molar-refractivity contribution in [3.8, 4) is 6.07 Å². The molecule has 0 saturated carbocycles. The van der Waals surface area contributed by atoms with Crippen LogP contribution in [0.1, 0.15) is 17.3 Å². The molecule has 0 aliphatic rings. The Labute approximate surface area is 92.4 Å². The molecule has 0 atom stereocenters. The van der Waals surface area contributed by atoms with Crippen LogP contribution in [0.25, 0.3) is 0 Å². The Morgan fingerprint density at radius 3 is 3.00 bits per heavy atom. The van der Waals surface area contributed by atoms with Gasteiger partial charge in [-0.3, -0.25) is 0 Å². The maximum absolute atomic E-state index is 8.80. The maximum atomic E-state index is 8.80. The fraction of sp³-hybridized carbons (Fsp3) is 0.200. The molecule has 0 spiro atoms. The van der Waals surface area contributed by atoms with Crippen molar-refractivity contribution in [1.29, 1.82) is 5.26 Å². The Hall–Kier alpha value is -2.42. The first-order chi connectivity index (χ1) is 7.69. The number of aromatic nitrogens is 4. The lowest BCUT2D eigenvalue weighted by atomic mass is 10.4. The van der Waals surface area contributed by atoms with E-state index in [4.69, 9.17) is 11.0 Å². The zero-order valence-corrected chi connectivity index (χ0v) is 8.75. The van der Waals surface area contributed by atoms with E-state index < -0.39 is 0 Å². The number of rotatable bonds is 2. The summed E-state index contributed by atoms with van der Waals surface area (Å²) in [6.07, 6.45) is 3.28. The molecule has 16 heavy (non-hydrogen) atoms. The van der Waals surface area contributed by atoms with E-state index in [0.29, 0.717) is 24.0 Å². The number of nitrogen functional groups attached to an aromatic ring is 1. The fourth-order valence-electron chi connectivity index (χ4n) is 1.43. The van der Waals surface area contributed by atoms with Crippen LogP contribution in [0.5, 0.6) is 0 Å². The molecule has 0 aliphatic carbocycles. The summed E-state index contributed by atoms with van der Waals surface area (Å²) in [5.41, 5.74) is 6.42. The first-order valence-corrected chi connectivity index (χ1v) is 4.70. The van der Waals surface area contributed by atoms with Crippen molar-refractivity contribution >= 4 is 5.82 Å². The molecule has 2 aromatic rings. The van der Waals surface area contributed by atoms with Gasteiger partial charge in [0, 0.05) is 24.2 Å². The van der Waals surface area contributed by atoms with E-state index in [1.54, 1.807) is 23.0 Å². The summed E-state index contributed by atoms with van der Waals surface area (Å²) >= 11 is 0. The summed E-state index contributed by atoms with van der Waals surface area (Å²) < 4.78 is 1.67. The summed E-state index contributed by atoms with van der Waals surface area (Å²) in [4.78, 5) is 12.2. The van der Waals surface area contributed by atoms with E-state index in [1.807, 2.05) is 13.0 Å². The maximum Gasteiger partial charge on any atom is 0.213 e. The second-order valence-electron chi connectivity index (χ2n) is 3.34. The Balaban J connectivity index is 2.31. The molecule has 80 valence electrons. The molecular weight excluding hydrogens is 204 g/mol. The average Bonchev–Trinajstić information content (AvgIpc) is 2.63. The van der Waals surface area contributed by atoms with Gasteiger partial charge >= 0.3 is 0 Å². The number of aryl methyl sites for hydroxylation is 1. The lowest BCUT2D eigenvalue weighted by Gasteiger charge is -2.04. The molecule has 2 aromatic heterocycles. The van der Waals surface area contributed by atoms with Gasteiger partial charge in [-0.1, -0.05) is 0 Å². The van der Waals surface area contributed by atoms with Crippen LogP contribution in [0, 0.1) is 18.3 Å². The van der Waals surface area contributed by atoms with Gasteiger partial charge in [0.15, 0.2) is 5.82 Å². The molecular formula is C10H10N6. The molecule has 0 aromatic carbocycles. The van der Waals surface area contributed by atoms with E-state index in [-0.39, 0.29) is 0 Å². The molecule has 2 heterocycles. The van der Waals surface area contributed by atoms with E-state index >= 15 is 0 Å². The van der Waals surface area contributed by atoms with Crippen LogP contribution in [0.3, 0.4) is 0 Å². The molecule has 0 radical (unpaired) electrons. The number of nitrogens with zero attached hydrogens (tertiary/aromatic N) is 5. The second kappa shape index (κ2) is 3.98. The quantitative estimate of drug-likeness (QED) is 0.784. The summed E-state index contributed by atoms with van der Waals surface area (Å²) in [6, 6.07) is 3.69. The molecule has 0 amide bonds. The van der Waals surface area contributed by atoms with Crippen LogP contribution in [0.2, 0.25) is 0 Å². The van der Waals surface area contributed by atoms with Crippen molar-refractivity contribution in [2.45, 2.75) is 13.5 Å². The number of imidazole rings is 1. The topological polar surface area (TPSA) is 93.4 Å². The Bertz CT molecular complexity index is 530.